The highest BCUT2D eigenvalue weighted by atomic mass is 32.1. The van der Waals surface area contributed by atoms with Gasteiger partial charge in [-0.05, 0) is 25.3 Å². The number of thiophene rings is 1. The Morgan fingerprint density at radius 3 is 2.89 bits per heavy atom. The maximum Gasteiger partial charge on any atom is 0.134 e. The molecule has 0 bridgehead atoms. The van der Waals surface area contributed by atoms with Gasteiger partial charge >= 0.3 is 0 Å². The van der Waals surface area contributed by atoms with E-state index < -0.39 is 0 Å². The van der Waals surface area contributed by atoms with Crippen LogP contribution in [0.5, 0.6) is 0 Å². The molecule has 0 aliphatic carbocycles. The standard InChI is InChI=1S/C13H18N4S/c1-3-14-12-8-13(16-10-15-12)17(4-2)9-11-6-5-7-18-11/h5-8,10H,3-4,9H2,1-2H3,(H,14,15,16). The fourth-order valence-electron chi connectivity index (χ4n) is 1.74. The lowest BCUT2D eigenvalue weighted by atomic mass is 10.4. The van der Waals surface area contributed by atoms with Crippen molar-refractivity contribution >= 4 is 23.0 Å². The smallest absolute Gasteiger partial charge is 0.134 e. The average molecular weight is 262 g/mol. The van der Waals surface area contributed by atoms with Gasteiger partial charge in [0.25, 0.3) is 0 Å². The lowest BCUT2D eigenvalue weighted by molar-refractivity contribution is 0.819. The summed E-state index contributed by atoms with van der Waals surface area (Å²) in [4.78, 5) is 12.1. The zero-order valence-corrected chi connectivity index (χ0v) is 11.6. The predicted octanol–water partition coefficient (Wildman–Crippen LogP) is 3.00. The van der Waals surface area contributed by atoms with Crippen LogP contribution < -0.4 is 10.2 Å². The fraction of sp³-hybridized carbons (Fsp3) is 0.385. The van der Waals surface area contributed by atoms with Gasteiger partial charge < -0.3 is 10.2 Å². The van der Waals surface area contributed by atoms with Crippen LogP contribution in [0.3, 0.4) is 0 Å². The SMILES string of the molecule is CCNc1cc(N(CC)Cc2cccs2)ncn1. The molecule has 0 radical (unpaired) electrons. The molecule has 2 rings (SSSR count). The van der Waals surface area contributed by atoms with Gasteiger partial charge in [0.1, 0.15) is 18.0 Å². The largest absolute Gasteiger partial charge is 0.370 e. The molecule has 0 saturated heterocycles. The Balaban J connectivity index is 2.13. The van der Waals surface area contributed by atoms with Crippen LogP contribution in [0.1, 0.15) is 18.7 Å². The number of hydrogen-bond donors (Lipinski definition) is 1. The van der Waals surface area contributed by atoms with Gasteiger partial charge in [0.05, 0.1) is 6.54 Å². The Bertz CT molecular complexity index is 470. The Hall–Kier alpha value is -1.62. The Morgan fingerprint density at radius 1 is 1.33 bits per heavy atom. The van der Waals surface area contributed by atoms with Crippen molar-refractivity contribution in [3.63, 3.8) is 0 Å². The quantitative estimate of drug-likeness (QED) is 0.869. The van der Waals surface area contributed by atoms with E-state index in [1.54, 1.807) is 17.7 Å². The summed E-state index contributed by atoms with van der Waals surface area (Å²) in [5.41, 5.74) is 0. The molecular weight excluding hydrogens is 244 g/mol. The number of anilines is 2. The van der Waals surface area contributed by atoms with Crippen LogP contribution in [-0.2, 0) is 6.54 Å². The van der Waals surface area contributed by atoms with E-state index in [2.05, 4.69) is 51.5 Å². The first-order valence-corrected chi connectivity index (χ1v) is 7.04. The zero-order valence-electron chi connectivity index (χ0n) is 10.8. The van der Waals surface area contributed by atoms with Gasteiger partial charge in [0.2, 0.25) is 0 Å². The van der Waals surface area contributed by atoms with Crippen LogP contribution in [0.25, 0.3) is 0 Å². The lowest BCUT2D eigenvalue weighted by Crippen LogP contribution is -2.22. The predicted molar refractivity (Wildman–Crippen MR) is 77.2 cm³/mol. The minimum atomic E-state index is 0.869. The summed E-state index contributed by atoms with van der Waals surface area (Å²) in [5, 5.41) is 5.31. The molecule has 0 aromatic carbocycles. The van der Waals surface area contributed by atoms with Crippen molar-refractivity contribution in [2.75, 3.05) is 23.3 Å². The van der Waals surface area contributed by atoms with Crippen LogP contribution in [0, 0.1) is 0 Å². The summed E-state index contributed by atoms with van der Waals surface area (Å²) in [5.74, 6) is 1.85. The second-order valence-corrected chi connectivity index (χ2v) is 4.92. The maximum absolute atomic E-state index is 4.35. The van der Waals surface area contributed by atoms with E-state index in [0.29, 0.717) is 0 Å². The van der Waals surface area contributed by atoms with Crippen LogP contribution in [0.2, 0.25) is 0 Å². The molecule has 0 spiro atoms. The topological polar surface area (TPSA) is 41.0 Å². The van der Waals surface area contributed by atoms with Crippen molar-refractivity contribution in [3.05, 3.63) is 34.8 Å². The minimum Gasteiger partial charge on any atom is -0.370 e. The molecule has 0 aliphatic heterocycles. The first-order valence-electron chi connectivity index (χ1n) is 6.16. The highest BCUT2D eigenvalue weighted by Gasteiger charge is 2.08. The molecule has 5 heteroatoms. The van der Waals surface area contributed by atoms with Gasteiger partial charge in [-0.15, -0.1) is 11.3 Å². The number of aromatic nitrogens is 2. The second kappa shape index (κ2) is 6.35. The molecule has 0 saturated carbocycles. The molecule has 0 aliphatic rings. The van der Waals surface area contributed by atoms with E-state index in [-0.39, 0.29) is 0 Å². The van der Waals surface area contributed by atoms with Gasteiger partial charge in [0, 0.05) is 24.0 Å². The molecule has 18 heavy (non-hydrogen) atoms. The molecule has 2 aromatic heterocycles. The molecule has 2 heterocycles. The second-order valence-electron chi connectivity index (χ2n) is 3.89. The van der Waals surface area contributed by atoms with Gasteiger partial charge in [-0.2, -0.15) is 0 Å². The summed E-state index contributed by atoms with van der Waals surface area (Å²) in [7, 11) is 0. The molecule has 96 valence electrons. The highest BCUT2D eigenvalue weighted by Crippen LogP contribution is 2.18. The van der Waals surface area contributed by atoms with Crippen molar-refractivity contribution < 1.29 is 0 Å². The average Bonchev–Trinajstić information content (AvgIpc) is 2.89. The molecule has 0 atom stereocenters. The fourth-order valence-corrected chi connectivity index (χ4v) is 2.46. The van der Waals surface area contributed by atoms with Crippen molar-refractivity contribution in [2.45, 2.75) is 20.4 Å². The summed E-state index contributed by atoms with van der Waals surface area (Å²) in [6.07, 6.45) is 1.62. The number of nitrogens with one attached hydrogen (secondary N) is 1. The van der Waals surface area contributed by atoms with Crippen LogP contribution in [0.4, 0.5) is 11.6 Å². The molecule has 1 N–H and O–H groups in total. The Labute approximate surface area is 112 Å². The Morgan fingerprint density at radius 2 is 2.22 bits per heavy atom. The molecule has 0 fully saturated rings. The Kier molecular flexibility index (Phi) is 4.52. The lowest BCUT2D eigenvalue weighted by Gasteiger charge is -2.21. The van der Waals surface area contributed by atoms with Crippen molar-refractivity contribution in [3.8, 4) is 0 Å². The first-order chi connectivity index (χ1) is 8.83. The van der Waals surface area contributed by atoms with E-state index in [0.717, 1.165) is 31.3 Å². The van der Waals surface area contributed by atoms with E-state index >= 15 is 0 Å². The first kappa shape index (κ1) is 12.8. The normalized spacial score (nSPS) is 10.3. The van der Waals surface area contributed by atoms with E-state index in [1.165, 1.54) is 4.88 Å². The van der Waals surface area contributed by atoms with E-state index in [1.807, 2.05) is 6.07 Å². The van der Waals surface area contributed by atoms with E-state index in [9.17, 15) is 0 Å². The summed E-state index contributed by atoms with van der Waals surface area (Å²) >= 11 is 1.78. The third kappa shape index (κ3) is 3.20. The summed E-state index contributed by atoms with van der Waals surface area (Å²) in [6.45, 7) is 6.90. The number of nitrogens with zero attached hydrogens (tertiary/aromatic N) is 3. The molecule has 4 nitrogen and oxygen atoms in total. The van der Waals surface area contributed by atoms with Crippen LogP contribution in [0.15, 0.2) is 29.9 Å². The molecule has 0 unspecified atom stereocenters. The van der Waals surface area contributed by atoms with Crippen molar-refractivity contribution in [1.29, 1.82) is 0 Å². The van der Waals surface area contributed by atoms with Gasteiger partial charge in [-0.25, -0.2) is 9.97 Å². The highest BCUT2D eigenvalue weighted by molar-refractivity contribution is 7.09. The number of hydrogen-bond acceptors (Lipinski definition) is 5. The van der Waals surface area contributed by atoms with E-state index in [4.69, 9.17) is 0 Å². The van der Waals surface area contributed by atoms with Crippen molar-refractivity contribution in [2.24, 2.45) is 0 Å². The zero-order chi connectivity index (χ0) is 12.8. The van der Waals surface area contributed by atoms with Crippen LogP contribution >= 0.6 is 11.3 Å². The monoisotopic (exact) mass is 262 g/mol. The molecule has 2 aromatic rings. The van der Waals surface area contributed by atoms with Crippen LogP contribution in [-0.4, -0.2) is 23.1 Å². The summed E-state index contributed by atoms with van der Waals surface area (Å²) < 4.78 is 0. The third-order valence-corrected chi connectivity index (χ3v) is 3.50. The minimum absolute atomic E-state index is 0.869. The maximum atomic E-state index is 4.35. The van der Waals surface area contributed by atoms with Gasteiger partial charge in [0.15, 0.2) is 0 Å². The molecule has 0 amide bonds. The van der Waals surface area contributed by atoms with Gasteiger partial charge in [-0.1, -0.05) is 6.07 Å². The number of rotatable bonds is 6. The molecular formula is C13H18N4S. The third-order valence-electron chi connectivity index (χ3n) is 2.64. The van der Waals surface area contributed by atoms with Gasteiger partial charge in [-0.3, -0.25) is 0 Å². The summed E-state index contributed by atoms with van der Waals surface area (Å²) in [6, 6.07) is 6.23. The van der Waals surface area contributed by atoms with Crippen molar-refractivity contribution in [1.82, 2.24) is 9.97 Å².